The van der Waals surface area contributed by atoms with Gasteiger partial charge in [0, 0.05) is 12.7 Å². The van der Waals surface area contributed by atoms with Crippen LogP contribution in [-0.2, 0) is 0 Å². The van der Waals surface area contributed by atoms with Crippen molar-refractivity contribution in [2.24, 2.45) is 5.92 Å². The number of alkyl halides is 2. The van der Waals surface area contributed by atoms with E-state index in [1.807, 2.05) is 0 Å². The molecule has 2 rings (SSSR count). The maximum Gasteiger partial charge on any atom is 0.271 e. The number of aliphatic hydroxyl groups excluding tert-OH is 1. The summed E-state index contributed by atoms with van der Waals surface area (Å²) in [6.45, 7) is -1.000. The average Bonchev–Trinajstić information content (AvgIpc) is 2.53. The molecule has 3 N–H and O–H groups in total. The Morgan fingerprint density at radius 2 is 2.38 bits per heavy atom. The Morgan fingerprint density at radius 1 is 1.62 bits per heavy atom. The molecule has 0 bridgehead atoms. The van der Waals surface area contributed by atoms with E-state index in [1.54, 1.807) is 0 Å². The van der Waals surface area contributed by atoms with Gasteiger partial charge in [0.15, 0.2) is 0 Å². The van der Waals surface area contributed by atoms with Gasteiger partial charge in [0.1, 0.15) is 5.82 Å². The second-order valence-electron chi connectivity index (χ2n) is 3.80. The monoisotopic (exact) mass is 230 g/mol. The lowest BCUT2D eigenvalue weighted by Gasteiger charge is -2.15. The molecule has 1 aliphatic rings. The molecule has 5 nitrogen and oxygen atoms in total. The zero-order chi connectivity index (χ0) is 11.8. The van der Waals surface area contributed by atoms with Crippen LogP contribution in [0.25, 0.3) is 0 Å². The quantitative estimate of drug-likeness (QED) is 0.755. The van der Waals surface area contributed by atoms with E-state index in [9.17, 15) is 8.78 Å². The van der Waals surface area contributed by atoms with Crippen LogP contribution in [0.5, 0.6) is 0 Å². The van der Waals surface area contributed by atoms with Crippen molar-refractivity contribution in [3.8, 4) is 0 Å². The van der Waals surface area contributed by atoms with Crippen LogP contribution >= 0.6 is 0 Å². The van der Waals surface area contributed by atoms with E-state index in [-0.39, 0.29) is 18.3 Å². The molecular formula is C9H12F2N4O. The third kappa shape index (κ3) is 1.90. The van der Waals surface area contributed by atoms with Gasteiger partial charge in [-0.15, -0.1) is 0 Å². The molecule has 0 aliphatic carbocycles. The van der Waals surface area contributed by atoms with Gasteiger partial charge in [-0.05, 0) is 6.07 Å². The van der Waals surface area contributed by atoms with Gasteiger partial charge in [-0.3, -0.25) is 0 Å². The molecule has 16 heavy (non-hydrogen) atoms. The van der Waals surface area contributed by atoms with E-state index in [0.29, 0.717) is 0 Å². The van der Waals surface area contributed by atoms with Gasteiger partial charge in [0.2, 0.25) is 5.95 Å². The summed E-state index contributed by atoms with van der Waals surface area (Å²) in [5, 5.41) is 8.85. The number of rotatable bonds is 2. The van der Waals surface area contributed by atoms with E-state index in [4.69, 9.17) is 10.8 Å². The highest BCUT2D eigenvalue weighted by molar-refractivity contribution is 5.39. The summed E-state index contributed by atoms with van der Waals surface area (Å²) in [5.74, 6) is -3.57. The lowest BCUT2D eigenvalue weighted by molar-refractivity contribution is -0.0391. The highest BCUT2D eigenvalue weighted by Gasteiger charge is 2.48. The summed E-state index contributed by atoms with van der Waals surface area (Å²) in [7, 11) is 0. The molecule has 1 atom stereocenters. The van der Waals surface area contributed by atoms with E-state index < -0.39 is 25.0 Å². The Bertz CT molecular complexity index is 388. The fourth-order valence-electron chi connectivity index (χ4n) is 1.71. The van der Waals surface area contributed by atoms with Crippen molar-refractivity contribution in [1.82, 2.24) is 9.97 Å². The molecule has 0 saturated carbocycles. The lowest BCUT2D eigenvalue weighted by Crippen LogP contribution is -2.29. The Hall–Kier alpha value is -1.50. The van der Waals surface area contributed by atoms with Crippen LogP contribution in [0.3, 0.4) is 0 Å². The number of hydrogen-bond donors (Lipinski definition) is 2. The van der Waals surface area contributed by atoms with E-state index in [2.05, 4.69) is 9.97 Å². The number of halogens is 2. The zero-order valence-electron chi connectivity index (χ0n) is 8.48. The molecule has 7 heteroatoms. The third-order valence-electron chi connectivity index (χ3n) is 2.61. The Labute approximate surface area is 90.9 Å². The minimum atomic E-state index is -2.91. The molecule has 1 fully saturated rings. The molecule has 1 aliphatic heterocycles. The smallest absolute Gasteiger partial charge is 0.271 e. The maximum absolute atomic E-state index is 13.4. The second kappa shape index (κ2) is 3.82. The first kappa shape index (κ1) is 11.0. The van der Waals surface area contributed by atoms with E-state index >= 15 is 0 Å². The summed E-state index contributed by atoms with van der Waals surface area (Å²) in [4.78, 5) is 9.07. The van der Waals surface area contributed by atoms with Crippen molar-refractivity contribution in [2.75, 3.05) is 30.3 Å². The van der Waals surface area contributed by atoms with E-state index in [0.717, 1.165) is 0 Å². The first-order valence-corrected chi connectivity index (χ1v) is 4.85. The van der Waals surface area contributed by atoms with Crippen LogP contribution < -0.4 is 10.6 Å². The van der Waals surface area contributed by atoms with E-state index in [1.165, 1.54) is 17.2 Å². The molecule has 0 aromatic carbocycles. The predicted octanol–water partition coefficient (Wildman–Crippen LogP) is 0.123. The zero-order valence-corrected chi connectivity index (χ0v) is 8.48. The van der Waals surface area contributed by atoms with Gasteiger partial charge in [-0.25, -0.2) is 13.8 Å². The van der Waals surface area contributed by atoms with Gasteiger partial charge in [-0.1, -0.05) is 0 Å². The molecule has 1 unspecified atom stereocenters. The van der Waals surface area contributed by atoms with Crippen LogP contribution in [-0.4, -0.2) is 40.7 Å². The van der Waals surface area contributed by atoms with Gasteiger partial charge < -0.3 is 15.7 Å². The number of aliphatic hydroxyl groups is 1. The summed E-state index contributed by atoms with van der Waals surface area (Å²) in [5.41, 5.74) is 5.45. The fraction of sp³-hybridized carbons (Fsp3) is 0.556. The number of nitrogens with two attached hydrogens (primary N) is 1. The fourth-order valence-corrected chi connectivity index (χ4v) is 1.71. The van der Waals surface area contributed by atoms with Crippen LogP contribution in [0.4, 0.5) is 20.5 Å². The number of nitrogens with zero attached hydrogens (tertiary/aromatic N) is 3. The van der Waals surface area contributed by atoms with Crippen molar-refractivity contribution < 1.29 is 13.9 Å². The first-order valence-electron chi connectivity index (χ1n) is 4.85. The topological polar surface area (TPSA) is 75.3 Å². The number of anilines is 2. The molecule has 88 valence electrons. The number of hydrogen-bond acceptors (Lipinski definition) is 5. The van der Waals surface area contributed by atoms with Crippen LogP contribution in [0.1, 0.15) is 0 Å². The van der Waals surface area contributed by atoms with Crippen molar-refractivity contribution in [3.63, 3.8) is 0 Å². The molecule has 1 aromatic rings. The highest BCUT2D eigenvalue weighted by Crippen LogP contribution is 2.34. The van der Waals surface area contributed by atoms with Gasteiger partial charge >= 0.3 is 0 Å². The molecule has 0 radical (unpaired) electrons. The molecular weight excluding hydrogens is 218 g/mol. The molecule has 1 aromatic heterocycles. The second-order valence-corrected chi connectivity index (χ2v) is 3.80. The standard InChI is InChI=1S/C9H12F2N4O/c10-9(11)5-15(3-6(9)4-16)8-13-2-1-7(12)14-8/h1-2,6,16H,3-5H2,(H2,12,13,14). The highest BCUT2D eigenvalue weighted by atomic mass is 19.3. The molecule has 0 spiro atoms. The minimum absolute atomic E-state index is 0.0347. The van der Waals surface area contributed by atoms with Gasteiger partial charge in [0.25, 0.3) is 5.92 Å². The van der Waals surface area contributed by atoms with Crippen molar-refractivity contribution >= 4 is 11.8 Å². The van der Waals surface area contributed by atoms with Gasteiger partial charge in [0.05, 0.1) is 19.1 Å². The summed E-state index contributed by atoms with van der Waals surface area (Å²) < 4.78 is 26.7. The average molecular weight is 230 g/mol. The minimum Gasteiger partial charge on any atom is -0.396 e. The Morgan fingerprint density at radius 3 is 2.94 bits per heavy atom. The van der Waals surface area contributed by atoms with Crippen molar-refractivity contribution in [1.29, 1.82) is 0 Å². The number of aromatic nitrogens is 2. The predicted molar refractivity (Wildman–Crippen MR) is 54.2 cm³/mol. The third-order valence-corrected chi connectivity index (χ3v) is 2.61. The van der Waals surface area contributed by atoms with Gasteiger partial charge in [-0.2, -0.15) is 4.98 Å². The Kier molecular flexibility index (Phi) is 2.63. The van der Waals surface area contributed by atoms with Crippen molar-refractivity contribution in [2.45, 2.75) is 5.92 Å². The number of nitrogen functional groups attached to an aromatic ring is 1. The normalized spacial score (nSPS) is 23.7. The van der Waals surface area contributed by atoms with Crippen LogP contribution in [0.2, 0.25) is 0 Å². The summed E-state index contributed by atoms with van der Waals surface area (Å²) in [6, 6.07) is 1.49. The maximum atomic E-state index is 13.4. The summed E-state index contributed by atoms with van der Waals surface area (Å²) >= 11 is 0. The van der Waals surface area contributed by atoms with Crippen LogP contribution in [0, 0.1) is 5.92 Å². The molecule has 0 amide bonds. The lowest BCUT2D eigenvalue weighted by atomic mass is 10.1. The molecule has 1 saturated heterocycles. The largest absolute Gasteiger partial charge is 0.396 e. The van der Waals surface area contributed by atoms with Crippen molar-refractivity contribution in [3.05, 3.63) is 12.3 Å². The van der Waals surface area contributed by atoms with Crippen LogP contribution in [0.15, 0.2) is 12.3 Å². The first-order chi connectivity index (χ1) is 7.53. The SMILES string of the molecule is Nc1ccnc(N2CC(CO)C(F)(F)C2)n1. The molecule has 2 heterocycles. The summed E-state index contributed by atoms with van der Waals surface area (Å²) in [6.07, 6.45) is 1.42. The Balaban J connectivity index is 2.19.